The monoisotopic (exact) mass is 614 g/mol. The van der Waals surface area contributed by atoms with Gasteiger partial charge in [-0.15, -0.1) is 0 Å². The molecule has 1 aliphatic heterocycles. The van der Waals surface area contributed by atoms with Crippen molar-refractivity contribution in [2.24, 2.45) is 0 Å². The molecule has 1 N–H and O–H groups in total. The Kier molecular flexibility index (Phi) is 5.82. The Morgan fingerprint density at radius 1 is 1.27 bits per heavy atom. The van der Waals surface area contributed by atoms with E-state index < -0.39 is 12.0 Å². The quantitative estimate of drug-likeness (QED) is 0.344. The fraction of sp³-hybridized carbons (Fsp3) is 0.158. The average molecular weight is 617 g/mol. The predicted octanol–water partition coefficient (Wildman–Crippen LogP) is 4.13. The second-order valence-electron chi connectivity index (χ2n) is 6.39. The van der Waals surface area contributed by atoms with E-state index in [1.807, 2.05) is 0 Å². The maximum Gasteiger partial charge on any atom is 0.295 e. The summed E-state index contributed by atoms with van der Waals surface area (Å²) in [6, 6.07) is 8.81. The molecule has 11 heteroatoms. The predicted molar refractivity (Wildman–Crippen MR) is 121 cm³/mol. The third-order valence-electron chi connectivity index (χ3n) is 4.68. The van der Waals surface area contributed by atoms with E-state index in [0.717, 1.165) is 0 Å². The number of nitrogens with zero attached hydrogens (tertiary/aromatic N) is 4. The topological polar surface area (TPSA) is 93.3 Å². The standard InChI is InChI=1S/C19H13Br3N4O3S/c1-8(27)25-12-6-4-3-5-9(12)15-17(29)23-19(30-2)24-26(15)18(25)13-10(20)7-11(21)16(28)14(13)22/h3-7,18H,1-2H3,(H-,23,24,28,29). The lowest BCUT2D eigenvalue weighted by molar-refractivity contribution is -0.764. The second-order valence-corrected chi connectivity index (χ2v) is 9.67. The third kappa shape index (κ3) is 3.31. The number of phenolic OH excluding ortho intramolecular Hbond substituents is 1. The van der Waals surface area contributed by atoms with Crippen LogP contribution in [0.1, 0.15) is 18.7 Å². The van der Waals surface area contributed by atoms with Crippen molar-refractivity contribution in [1.82, 2.24) is 10.1 Å². The van der Waals surface area contributed by atoms with Gasteiger partial charge < -0.3 is 10.2 Å². The van der Waals surface area contributed by atoms with Crippen LogP contribution in [0.4, 0.5) is 5.69 Å². The fourth-order valence-electron chi connectivity index (χ4n) is 3.45. The molecular weight excluding hydrogens is 604 g/mol. The SMILES string of the molecule is CSc1nc([O-])c2[n+](n1)C(c1c(Br)cc(Br)c(O)c1Br)N(C(C)=O)c1ccccc1-2. The molecule has 0 radical (unpaired) electrons. The van der Waals surface area contributed by atoms with Crippen LogP contribution in [-0.2, 0) is 4.79 Å². The highest BCUT2D eigenvalue weighted by molar-refractivity contribution is 9.11. The van der Waals surface area contributed by atoms with E-state index in [1.54, 1.807) is 41.5 Å². The molecule has 0 saturated carbocycles. The number of hydrogen-bond donors (Lipinski definition) is 1. The second kappa shape index (κ2) is 8.10. The van der Waals surface area contributed by atoms with Crippen molar-refractivity contribution in [3.05, 3.63) is 49.3 Å². The Bertz CT molecular complexity index is 1210. The van der Waals surface area contributed by atoms with Gasteiger partial charge in [0.15, 0.2) is 0 Å². The number of benzene rings is 2. The molecule has 0 spiro atoms. The van der Waals surface area contributed by atoms with Gasteiger partial charge in [-0.2, -0.15) is 0 Å². The number of anilines is 1. The molecule has 0 fully saturated rings. The number of hydrogen-bond acceptors (Lipinski definition) is 6. The number of phenols is 1. The molecule has 2 aromatic carbocycles. The molecule has 1 aromatic heterocycles. The number of carbonyl (C=O) groups is 1. The zero-order valence-corrected chi connectivity index (χ0v) is 21.1. The van der Waals surface area contributed by atoms with Crippen LogP contribution in [0.3, 0.4) is 0 Å². The number of amides is 1. The van der Waals surface area contributed by atoms with Crippen LogP contribution in [0.25, 0.3) is 11.3 Å². The molecule has 1 amide bonds. The summed E-state index contributed by atoms with van der Waals surface area (Å²) in [6.45, 7) is 1.45. The molecule has 2 heterocycles. The summed E-state index contributed by atoms with van der Waals surface area (Å²) in [7, 11) is 0. The Balaban J connectivity index is 2.15. The van der Waals surface area contributed by atoms with Crippen LogP contribution in [0, 0.1) is 0 Å². The molecule has 1 aliphatic rings. The first-order valence-corrected chi connectivity index (χ1v) is 12.2. The first-order valence-electron chi connectivity index (χ1n) is 8.56. The van der Waals surface area contributed by atoms with Gasteiger partial charge in [-0.3, -0.25) is 4.79 Å². The van der Waals surface area contributed by atoms with Gasteiger partial charge in [0.05, 0.1) is 31.6 Å². The molecule has 154 valence electrons. The lowest BCUT2D eigenvalue weighted by atomic mass is 10.0. The molecule has 0 aliphatic carbocycles. The van der Waals surface area contributed by atoms with Gasteiger partial charge >= 0.3 is 0 Å². The lowest BCUT2D eigenvalue weighted by Gasteiger charge is -2.33. The maximum absolute atomic E-state index is 13.0. The van der Waals surface area contributed by atoms with E-state index in [4.69, 9.17) is 0 Å². The molecule has 0 saturated heterocycles. The van der Waals surface area contributed by atoms with Crippen molar-refractivity contribution in [1.29, 1.82) is 0 Å². The summed E-state index contributed by atoms with van der Waals surface area (Å²) in [6.07, 6.45) is 0.935. The summed E-state index contributed by atoms with van der Waals surface area (Å²) >= 11 is 11.5. The highest BCUT2D eigenvalue weighted by Crippen LogP contribution is 2.47. The molecule has 30 heavy (non-hydrogen) atoms. The molecule has 4 rings (SSSR count). The average Bonchev–Trinajstić information content (AvgIpc) is 2.71. The molecular formula is C19H13Br3N4O3S. The van der Waals surface area contributed by atoms with E-state index in [0.29, 0.717) is 30.2 Å². The summed E-state index contributed by atoms with van der Waals surface area (Å²) in [5, 5.41) is 28.4. The number of fused-ring (bicyclic) bond motifs is 3. The lowest BCUT2D eigenvalue weighted by Crippen LogP contribution is -2.59. The zero-order chi connectivity index (χ0) is 21.7. The zero-order valence-electron chi connectivity index (χ0n) is 15.6. The number of rotatable bonds is 2. The molecule has 0 bridgehead atoms. The van der Waals surface area contributed by atoms with Gasteiger partial charge in [0.25, 0.3) is 17.0 Å². The molecule has 1 atom stereocenters. The van der Waals surface area contributed by atoms with Crippen molar-refractivity contribution >= 4 is 71.1 Å². The van der Waals surface area contributed by atoms with Gasteiger partial charge in [0.2, 0.25) is 5.91 Å². The van der Waals surface area contributed by atoms with Gasteiger partial charge in [0, 0.05) is 16.5 Å². The van der Waals surface area contributed by atoms with Gasteiger partial charge in [0.1, 0.15) is 5.75 Å². The molecule has 7 nitrogen and oxygen atoms in total. The smallest absolute Gasteiger partial charge is 0.295 e. The van der Waals surface area contributed by atoms with Gasteiger partial charge in [-0.1, -0.05) is 44.5 Å². The Morgan fingerprint density at radius 3 is 2.63 bits per heavy atom. The summed E-state index contributed by atoms with van der Waals surface area (Å²) < 4.78 is 2.96. The van der Waals surface area contributed by atoms with Crippen LogP contribution in [0.2, 0.25) is 0 Å². The van der Waals surface area contributed by atoms with Gasteiger partial charge in [-0.05, 0) is 56.3 Å². The number of aromatic hydroxyl groups is 1. The minimum Gasteiger partial charge on any atom is -0.854 e. The highest BCUT2D eigenvalue weighted by Gasteiger charge is 2.46. The minimum atomic E-state index is -0.836. The first kappa shape index (κ1) is 21.5. The summed E-state index contributed by atoms with van der Waals surface area (Å²) in [4.78, 5) is 18.5. The van der Waals surface area contributed by atoms with Crippen molar-refractivity contribution in [3.8, 4) is 22.9 Å². The van der Waals surface area contributed by atoms with Crippen LogP contribution >= 0.6 is 59.6 Å². The van der Waals surface area contributed by atoms with Crippen LogP contribution in [-0.4, -0.2) is 27.4 Å². The minimum absolute atomic E-state index is 0.0285. The van der Waals surface area contributed by atoms with Crippen LogP contribution < -0.4 is 14.7 Å². The van der Waals surface area contributed by atoms with E-state index in [-0.39, 0.29) is 22.5 Å². The first-order chi connectivity index (χ1) is 14.3. The van der Waals surface area contributed by atoms with Crippen molar-refractivity contribution < 1.29 is 19.7 Å². The van der Waals surface area contributed by atoms with Crippen LogP contribution in [0.15, 0.2) is 48.9 Å². The fourth-order valence-corrected chi connectivity index (χ4v) is 6.33. The molecule has 1 unspecified atom stereocenters. The van der Waals surface area contributed by atoms with E-state index in [2.05, 4.69) is 57.9 Å². The van der Waals surface area contributed by atoms with Crippen molar-refractivity contribution in [2.75, 3.05) is 11.2 Å². The van der Waals surface area contributed by atoms with Crippen molar-refractivity contribution in [3.63, 3.8) is 0 Å². The van der Waals surface area contributed by atoms with Crippen LogP contribution in [0.5, 0.6) is 11.6 Å². The number of thioether (sulfide) groups is 1. The Labute approximate surface area is 201 Å². The maximum atomic E-state index is 13.0. The van der Waals surface area contributed by atoms with E-state index in [9.17, 15) is 15.0 Å². The third-order valence-corrected chi connectivity index (χ3v) is 7.28. The van der Waals surface area contributed by atoms with Crippen molar-refractivity contribution in [2.45, 2.75) is 18.2 Å². The number of halogens is 3. The Hall–Kier alpha value is -1.69. The number of para-hydroxylation sites is 1. The largest absolute Gasteiger partial charge is 0.854 e. The molecule has 3 aromatic rings. The van der Waals surface area contributed by atoms with Gasteiger partial charge in [-0.25, -0.2) is 9.88 Å². The normalized spacial score (nSPS) is 15.0. The number of aromatic nitrogens is 3. The van der Waals surface area contributed by atoms with E-state index in [1.165, 1.54) is 23.4 Å². The van der Waals surface area contributed by atoms with E-state index >= 15 is 0 Å². The number of carbonyl (C=O) groups excluding carboxylic acids is 1. The summed E-state index contributed by atoms with van der Waals surface area (Å²) in [5.41, 5.74) is 1.94. The highest BCUT2D eigenvalue weighted by atomic mass is 79.9. The summed E-state index contributed by atoms with van der Waals surface area (Å²) in [5.74, 6) is -0.716. The Morgan fingerprint density at radius 2 is 1.97 bits per heavy atom.